The van der Waals surface area contributed by atoms with Crippen molar-refractivity contribution in [2.24, 2.45) is 7.05 Å². The van der Waals surface area contributed by atoms with Crippen molar-refractivity contribution in [1.29, 1.82) is 0 Å². The molecule has 3 rings (SSSR count). The molecule has 0 aliphatic carbocycles. The molecule has 138 valence electrons. The number of imidazole rings is 1. The van der Waals surface area contributed by atoms with Crippen LogP contribution >= 0.6 is 11.6 Å². The lowest BCUT2D eigenvalue weighted by Crippen LogP contribution is -2.23. The number of amides is 2. The summed E-state index contributed by atoms with van der Waals surface area (Å²) in [5.74, 6) is -0.502. The lowest BCUT2D eigenvalue weighted by atomic mass is 10.1. The highest BCUT2D eigenvalue weighted by Crippen LogP contribution is 2.18. The molecule has 7 heteroatoms. The molecule has 2 amide bonds. The molecule has 3 aromatic rings. The first-order chi connectivity index (χ1) is 12.9. The fraction of sp³-hybridized carbons (Fsp3) is 0.150. The van der Waals surface area contributed by atoms with Gasteiger partial charge < -0.3 is 15.2 Å². The van der Waals surface area contributed by atoms with E-state index in [4.69, 9.17) is 11.6 Å². The Morgan fingerprint density at radius 2 is 1.85 bits per heavy atom. The summed E-state index contributed by atoms with van der Waals surface area (Å²) in [6.45, 7) is 2.26. The Hall–Kier alpha value is -3.12. The number of carbonyl (C=O) groups is 2. The molecule has 27 heavy (non-hydrogen) atoms. The monoisotopic (exact) mass is 382 g/mol. The third kappa shape index (κ3) is 4.54. The zero-order chi connectivity index (χ0) is 19.4. The van der Waals surface area contributed by atoms with E-state index in [0.29, 0.717) is 28.5 Å². The highest BCUT2D eigenvalue weighted by atomic mass is 35.5. The summed E-state index contributed by atoms with van der Waals surface area (Å²) in [5.41, 5.74) is 3.30. The minimum Gasteiger partial charge on any atom is -0.348 e. The number of aromatic nitrogens is 2. The zero-order valence-corrected chi connectivity index (χ0v) is 15.7. The second-order valence-corrected chi connectivity index (χ2v) is 6.62. The van der Waals surface area contributed by atoms with E-state index in [9.17, 15) is 9.59 Å². The molecule has 0 saturated carbocycles. The van der Waals surface area contributed by atoms with Crippen molar-refractivity contribution in [2.45, 2.75) is 13.5 Å². The van der Waals surface area contributed by atoms with Gasteiger partial charge in [-0.2, -0.15) is 0 Å². The lowest BCUT2D eigenvalue weighted by Gasteiger charge is -2.11. The van der Waals surface area contributed by atoms with Gasteiger partial charge in [-0.3, -0.25) is 9.59 Å². The largest absolute Gasteiger partial charge is 0.348 e. The van der Waals surface area contributed by atoms with Crippen molar-refractivity contribution in [1.82, 2.24) is 14.9 Å². The SMILES string of the molecule is Cc1ccc(C(=O)NCc2ccc(Cl)cc2)cc1NC(=O)c1cncn1C. The quantitative estimate of drug-likeness (QED) is 0.708. The molecule has 0 aliphatic rings. The molecule has 0 fully saturated rings. The summed E-state index contributed by atoms with van der Waals surface area (Å²) >= 11 is 5.86. The average molecular weight is 383 g/mol. The average Bonchev–Trinajstić information content (AvgIpc) is 3.09. The third-order valence-electron chi connectivity index (χ3n) is 4.16. The van der Waals surface area contributed by atoms with Gasteiger partial charge in [0, 0.05) is 29.9 Å². The molecule has 0 radical (unpaired) electrons. The smallest absolute Gasteiger partial charge is 0.273 e. The van der Waals surface area contributed by atoms with E-state index in [-0.39, 0.29) is 11.8 Å². The predicted molar refractivity (Wildman–Crippen MR) is 105 cm³/mol. The lowest BCUT2D eigenvalue weighted by molar-refractivity contribution is 0.0949. The number of hydrogen-bond acceptors (Lipinski definition) is 3. The molecule has 0 saturated heterocycles. The molecule has 1 heterocycles. The maximum Gasteiger partial charge on any atom is 0.273 e. The maximum absolute atomic E-state index is 12.5. The number of nitrogens with one attached hydrogen (secondary N) is 2. The molecule has 1 aromatic heterocycles. The van der Waals surface area contributed by atoms with E-state index < -0.39 is 0 Å². The topological polar surface area (TPSA) is 76.0 Å². The van der Waals surface area contributed by atoms with Crippen LogP contribution in [-0.2, 0) is 13.6 Å². The number of carbonyl (C=O) groups excluding carboxylic acids is 2. The first-order valence-electron chi connectivity index (χ1n) is 8.35. The van der Waals surface area contributed by atoms with Gasteiger partial charge >= 0.3 is 0 Å². The van der Waals surface area contributed by atoms with Gasteiger partial charge in [-0.05, 0) is 42.3 Å². The van der Waals surface area contributed by atoms with Gasteiger partial charge in [-0.1, -0.05) is 29.8 Å². The number of benzene rings is 2. The molecule has 0 aliphatic heterocycles. The van der Waals surface area contributed by atoms with Crippen LogP contribution in [0.5, 0.6) is 0 Å². The normalized spacial score (nSPS) is 10.5. The summed E-state index contributed by atoms with van der Waals surface area (Å²) in [6, 6.07) is 12.5. The number of halogens is 1. The van der Waals surface area contributed by atoms with Crippen LogP contribution in [0.15, 0.2) is 55.0 Å². The first kappa shape index (κ1) is 18.7. The summed E-state index contributed by atoms with van der Waals surface area (Å²) in [4.78, 5) is 28.8. The Kier molecular flexibility index (Phi) is 5.57. The number of hydrogen-bond donors (Lipinski definition) is 2. The van der Waals surface area contributed by atoms with E-state index >= 15 is 0 Å². The summed E-state index contributed by atoms with van der Waals surface area (Å²) in [5, 5.41) is 6.35. The van der Waals surface area contributed by atoms with Crippen LogP contribution in [0.2, 0.25) is 5.02 Å². The summed E-state index contributed by atoms with van der Waals surface area (Å²) < 4.78 is 1.63. The van der Waals surface area contributed by atoms with Crippen LogP contribution in [0.4, 0.5) is 5.69 Å². The van der Waals surface area contributed by atoms with Crippen LogP contribution in [0.3, 0.4) is 0 Å². The van der Waals surface area contributed by atoms with Crippen LogP contribution in [0, 0.1) is 6.92 Å². The highest BCUT2D eigenvalue weighted by molar-refractivity contribution is 6.30. The molecule has 0 atom stereocenters. The molecule has 2 N–H and O–H groups in total. The number of nitrogens with zero attached hydrogens (tertiary/aromatic N) is 2. The number of rotatable bonds is 5. The second-order valence-electron chi connectivity index (χ2n) is 6.18. The highest BCUT2D eigenvalue weighted by Gasteiger charge is 2.13. The zero-order valence-electron chi connectivity index (χ0n) is 15.0. The number of anilines is 1. The molecule has 0 unspecified atom stereocenters. The fourth-order valence-electron chi connectivity index (χ4n) is 2.55. The van der Waals surface area contributed by atoms with Gasteiger partial charge in [0.15, 0.2) is 0 Å². The van der Waals surface area contributed by atoms with Crippen molar-refractivity contribution < 1.29 is 9.59 Å². The summed E-state index contributed by atoms with van der Waals surface area (Å²) in [7, 11) is 1.75. The first-order valence-corrected chi connectivity index (χ1v) is 8.73. The van der Waals surface area contributed by atoms with Gasteiger partial charge in [-0.25, -0.2) is 4.98 Å². The van der Waals surface area contributed by atoms with Crippen molar-refractivity contribution in [2.75, 3.05) is 5.32 Å². The van der Waals surface area contributed by atoms with Crippen LogP contribution in [0.25, 0.3) is 0 Å². The van der Waals surface area contributed by atoms with E-state index in [2.05, 4.69) is 15.6 Å². The van der Waals surface area contributed by atoms with Crippen molar-refractivity contribution in [3.63, 3.8) is 0 Å². The van der Waals surface area contributed by atoms with E-state index in [0.717, 1.165) is 11.1 Å². The Balaban J connectivity index is 1.70. The Bertz CT molecular complexity index is 980. The van der Waals surface area contributed by atoms with Gasteiger partial charge in [0.05, 0.1) is 12.5 Å². The standard InChI is InChI=1S/C20H19ClN4O2/c1-13-3-6-15(19(26)23-10-14-4-7-16(21)8-5-14)9-17(13)24-20(27)18-11-22-12-25(18)2/h3-9,11-12H,10H2,1-2H3,(H,23,26)(H,24,27). The van der Waals surface area contributed by atoms with Gasteiger partial charge in [0.1, 0.15) is 5.69 Å². The summed E-state index contributed by atoms with van der Waals surface area (Å²) in [6.07, 6.45) is 3.05. The van der Waals surface area contributed by atoms with Gasteiger partial charge in [0.25, 0.3) is 11.8 Å². The molecular formula is C20H19ClN4O2. The van der Waals surface area contributed by atoms with Gasteiger partial charge in [-0.15, -0.1) is 0 Å². The van der Waals surface area contributed by atoms with Crippen LogP contribution < -0.4 is 10.6 Å². The van der Waals surface area contributed by atoms with Gasteiger partial charge in [0.2, 0.25) is 0 Å². The van der Waals surface area contributed by atoms with E-state index in [1.54, 1.807) is 48.3 Å². The second kappa shape index (κ2) is 8.05. The minimum atomic E-state index is -0.281. The van der Waals surface area contributed by atoms with Crippen molar-refractivity contribution in [3.05, 3.63) is 82.4 Å². The van der Waals surface area contributed by atoms with E-state index in [1.807, 2.05) is 19.1 Å². The molecule has 0 bridgehead atoms. The molecule has 0 spiro atoms. The molecule has 2 aromatic carbocycles. The minimum absolute atomic E-state index is 0.221. The van der Waals surface area contributed by atoms with E-state index in [1.165, 1.54) is 6.20 Å². The fourth-order valence-corrected chi connectivity index (χ4v) is 2.67. The molecular weight excluding hydrogens is 364 g/mol. The third-order valence-corrected chi connectivity index (χ3v) is 4.42. The number of aryl methyl sites for hydroxylation is 2. The van der Waals surface area contributed by atoms with Crippen molar-refractivity contribution in [3.8, 4) is 0 Å². The Morgan fingerprint density at radius 1 is 1.11 bits per heavy atom. The maximum atomic E-state index is 12.5. The molecule has 6 nitrogen and oxygen atoms in total. The Morgan fingerprint density at radius 3 is 2.52 bits per heavy atom. The van der Waals surface area contributed by atoms with Crippen LogP contribution in [-0.4, -0.2) is 21.4 Å². The van der Waals surface area contributed by atoms with Crippen molar-refractivity contribution >= 4 is 29.1 Å². The van der Waals surface area contributed by atoms with Crippen LogP contribution in [0.1, 0.15) is 32.0 Å². The predicted octanol–water partition coefficient (Wildman–Crippen LogP) is 3.56. The Labute approximate surface area is 162 Å².